The zero-order valence-electron chi connectivity index (χ0n) is 11.3. The minimum atomic E-state index is -0.293. The molecule has 0 aliphatic rings. The van der Waals surface area contributed by atoms with Gasteiger partial charge in [-0.2, -0.15) is 5.10 Å². The third-order valence-electron chi connectivity index (χ3n) is 2.80. The molecule has 0 aliphatic heterocycles. The van der Waals surface area contributed by atoms with Crippen LogP contribution in [0.1, 0.15) is 16.1 Å². The van der Waals surface area contributed by atoms with E-state index in [1.807, 2.05) is 0 Å². The number of aromatic amines is 1. The summed E-state index contributed by atoms with van der Waals surface area (Å²) in [4.78, 5) is 12.1. The summed E-state index contributed by atoms with van der Waals surface area (Å²) in [5.74, 6) is 0.607. The van der Waals surface area contributed by atoms with Crippen molar-refractivity contribution < 1.29 is 14.3 Å². The second-order valence-corrected chi connectivity index (χ2v) is 4.46. The Balaban J connectivity index is 2.33. The lowest BCUT2D eigenvalue weighted by molar-refractivity contribution is 0.102. The van der Waals surface area contributed by atoms with E-state index in [0.717, 1.165) is 0 Å². The molecule has 106 valence electrons. The van der Waals surface area contributed by atoms with Crippen LogP contribution >= 0.6 is 11.6 Å². The van der Waals surface area contributed by atoms with Gasteiger partial charge in [-0.25, -0.2) is 0 Å². The number of carbonyl (C=O) groups excluding carboxylic acids is 1. The minimum absolute atomic E-state index is 0.293. The predicted octanol–water partition coefficient (Wildman–Crippen LogP) is 2.64. The third kappa shape index (κ3) is 2.70. The van der Waals surface area contributed by atoms with Crippen molar-refractivity contribution in [3.8, 4) is 11.5 Å². The predicted molar refractivity (Wildman–Crippen MR) is 75.8 cm³/mol. The summed E-state index contributed by atoms with van der Waals surface area (Å²) in [6.07, 6.45) is 1.46. The van der Waals surface area contributed by atoms with Crippen molar-refractivity contribution in [3.63, 3.8) is 0 Å². The number of amides is 1. The first kappa shape index (κ1) is 14.2. The molecule has 0 saturated carbocycles. The number of aryl methyl sites for hydroxylation is 1. The molecule has 1 heterocycles. The first-order chi connectivity index (χ1) is 9.56. The smallest absolute Gasteiger partial charge is 0.259 e. The SMILES string of the molecule is COc1cc(NC(=O)c2cn[nH]c2C)c(OC)cc1Cl. The number of aromatic nitrogens is 2. The van der Waals surface area contributed by atoms with Crippen molar-refractivity contribution in [2.45, 2.75) is 6.92 Å². The van der Waals surface area contributed by atoms with Gasteiger partial charge in [0.05, 0.1) is 36.7 Å². The molecule has 0 bridgehead atoms. The molecule has 20 heavy (non-hydrogen) atoms. The Bertz CT molecular complexity index is 640. The number of methoxy groups -OCH3 is 2. The summed E-state index contributed by atoms with van der Waals surface area (Å²) >= 11 is 6.01. The number of nitrogens with zero attached hydrogens (tertiary/aromatic N) is 1. The quantitative estimate of drug-likeness (QED) is 0.909. The van der Waals surface area contributed by atoms with Gasteiger partial charge in [0.1, 0.15) is 11.5 Å². The average molecular weight is 296 g/mol. The number of nitrogens with one attached hydrogen (secondary N) is 2. The highest BCUT2D eigenvalue weighted by molar-refractivity contribution is 6.32. The molecule has 1 aromatic heterocycles. The molecule has 2 rings (SSSR count). The van der Waals surface area contributed by atoms with Gasteiger partial charge in [0.25, 0.3) is 5.91 Å². The van der Waals surface area contributed by atoms with E-state index in [0.29, 0.717) is 33.5 Å². The lowest BCUT2D eigenvalue weighted by Gasteiger charge is -2.12. The largest absolute Gasteiger partial charge is 0.495 e. The Kier molecular flexibility index (Phi) is 4.14. The van der Waals surface area contributed by atoms with Crippen LogP contribution in [0.2, 0.25) is 5.02 Å². The van der Waals surface area contributed by atoms with Crippen LogP contribution in [0.3, 0.4) is 0 Å². The maximum absolute atomic E-state index is 12.1. The van der Waals surface area contributed by atoms with E-state index >= 15 is 0 Å². The van der Waals surface area contributed by atoms with E-state index in [-0.39, 0.29) is 5.91 Å². The number of hydrogen-bond acceptors (Lipinski definition) is 4. The first-order valence-electron chi connectivity index (χ1n) is 5.79. The van der Waals surface area contributed by atoms with E-state index < -0.39 is 0 Å². The molecule has 0 aliphatic carbocycles. The minimum Gasteiger partial charge on any atom is -0.495 e. The number of ether oxygens (including phenoxy) is 2. The van der Waals surface area contributed by atoms with E-state index in [2.05, 4.69) is 15.5 Å². The fraction of sp³-hybridized carbons (Fsp3) is 0.231. The van der Waals surface area contributed by atoms with Crippen LogP contribution in [0.4, 0.5) is 5.69 Å². The fourth-order valence-corrected chi connectivity index (χ4v) is 1.96. The molecule has 0 radical (unpaired) electrons. The number of carbonyl (C=O) groups is 1. The highest BCUT2D eigenvalue weighted by Gasteiger charge is 2.15. The Morgan fingerprint density at radius 2 is 2.00 bits per heavy atom. The van der Waals surface area contributed by atoms with E-state index in [1.165, 1.54) is 20.4 Å². The molecule has 0 fully saturated rings. The highest BCUT2D eigenvalue weighted by atomic mass is 35.5. The van der Waals surface area contributed by atoms with Crippen molar-refractivity contribution in [2.24, 2.45) is 0 Å². The number of hydrogen-bond donors (Lipinski definition) is 2. The van der Waals surface area contributed by atoms with Crippen LogP contribution in [-0.2, 0) is 0 Å². The normalized spacial score (nSPS) is 10.2. The van der Waals surface area contributed by atoms with Gasteiger partial charge < -0.3 is 14.8 Å². The van der Waals surface area contributed by atoms with Crippen LogP contribution in [0.25, 0.3) is 0 Å². The highest BCUT2D eigenvalue weighted by Crippen LogP contribution is 2.36. The van der Waals surface area contributed by atoms with Crippen molar-refractivity contribution >= 4 is 23.2 Å². The van der Waals surface area contributed by atoms with Gasteiger partial charge in [-0.05, 0) is 6.92 Å². The first-order valence-corrected chi connectivity index (χ1v) is 6.17. The van der Waals surface area contributed by atoms with Crippen molar-refractivity contribution in [1.29, 1.82) is 0 Å². The summed E-state index contributed by atoms with van der Waals surface area (Å²) in [6.45, 7) is 1.77. The zero-order chi connectivity index (χ0) is 14.7. The van der Waals surface area contributed by atoms with Gasteiger partial charge in [-0.1, -0.05) is 11.6 Å². The molecule has 0 spiro atoms. The Labute approximate surface area is 121 Å². The van der Waals surface area contributed by atoms with Crippen molar-refractivity contribution in [1.82, 2.24) is 10.2 Å². The van der Waals surface area contributed by atoms with Gasteiger partial charge >= 0.3 is 0 Å². The summed E-state index contributed by atoms with van der Waals surface area (Å²) in [7, 11) is 3.00. The molecule has 0 atom stereocenters. The van der Waals surface area contributed by atoms with Gasteiger partial charge in [0, 0.05) is 17.8 Å². The zero-order valence-corrected chi connectivity index (χ0v) is 12.0. The molecule has 1 aromatic carbocycles. The van der Waals surface area contributed by atoms with Crippen molar-refractivity contribution in [3.05, 3.63) is 34.6 Å². The Hall–Kier alpha value is -2.21. The molecule has 7 heteroatoms. The number of benzene rings is 1. The topological polar surface area (TPSA) is 76.2 Å². The maximum Gasteiger partial charge on any atom is 0.259 e. The fourth-order valence-electron chi connectivity index (χ4n) is 1.73. The standard InChI is InChI=1S/C13H14ClN3O3/c1-7-8(6-15-17-7)13(18)16-10-5-11(19-2)9(14)4-12(10)20-3/h4-6H,1-3H3,(H,15,17)(H,16,18). The summed E-state index contributed by atoms with van der Waals surface area (Å²) in [5, 5.41) is 9.67. The molecule has 0 saturated heterocycles. The number of halogens is 1. The number of rotatable bonds is 4. The molecule has 1 amide bonds. The second kappa shape index (κ2) is 5.83. The van der Waals surface area contributed by atoms with Crippen molar-refractivity contribution in [2.75, 3.05) is 19.5 Å². The molecular formula is C13H14ClN3O3. The average Bonchev–Trinajstić information content (AvgIpc) is 2.86. The Morgan fingerprint density at radius 3 is 2.55 bits per heavy atom. The van der Waals surface area contributed by atoms with Gasteiger partial charge in [0.2, 0.25) is 0 Å². The second-order valence-electron chi connectivity index (χ2n) is 4.05. The lowest BCUT2D eigenvalue weighted by Crippen LogP contribution is -2.13. The monoisotopic (exact) mass is 295 g/mol. The molecule has 6 nitrogen and oxygen atoms in total. The third-order valence-corrected chi connectivity index (χ3v) is 3.09. The van der Waals surface area contributed by atoms with Crippen LogP contribution in [0.15, 0.2) is 18.3 Å². The lowest BCUT2D eigenvalue weighted by atomic mass is 10.2. The summed E-state index contributed by atoms with van der Waals surface area (Å²) in [6, 6.07) is 3.19. The maximum atomic E-state index is 12.1. The number of anilines is 1. The van der Waals surface area contributed by atoms with Gasteiger partial charge in [0.15, 0.2) is 0 Å². The van der Waals surface area contributed by atoms with Gasteiger partial charge in [-0.15, -0.1) is 0 Å². The van der Waals surface area contributed by atoms with E-state index in [1.54, 1.807) is 19.1 Å². The number of H-pyrrole nitrogens is 1. The molecule has 2 aromatic rings. The summed E-state index contributed by atoms with van der Waals surface area (Å²) < 4.78 is 10.3. The van der Waals surface area contributed by atoms with E-state index in [4.69, 9.17) is 21.1 Å². The molecular weight excluding hydrogens is 282 g/mol. The Morgan fingerprint density at radius 1 is 1.30 bits per heavy atom. The summed E-state index contributed by atoms with van der Waals surface area (Å²) in [5.41, 5.74) is 1.61. The van der Waals surface area contributed by atoms with E-state index in [9.17, 15) is 4.79 Å². The van der Waals surface area contributed by atoms with Crippen LogP contribution in [0, 0.1) is 6.92 Å². The van der Waals surface area contributed by atoms with Gasteiger partial charge in [-0.3, -0.25) is 9.89 Å². The van der Waals surface area contributed by atoms with Crippen LogP contribution < -0.4 is 14.8 Å². The van der Waals surface area contributed by atoms with Crippen LogP contribution in [-0.4, -0.2) is 30.3 Å². The van der Waals surface area contributed by atoms with Crippen LogP contribution in [0.5, 0.6) is 11.5 Å². The molecule has 2 N–H and O–H groups in total. The molecule has 0 unspecified atom stereocenters.